The van der Waals surface area contributed by atoms with Crippen molar-refractivity contribution in [1.82, 2.24) is 0 Å². The van der Waals surface area contributed by atoms with Crippen molar-refractivity contribution in [3.63, 3.8) is 0 Å². The number of carbonyl (C=O) groups is 2. The quantitative estimate of drug-likeness (QED) is 0.539. The summed E-state index contributed by atoms with van der Waals surface area (Å²) in [4.78, 5) is 27.2. The minimum absolute atomic E-state index is 0.118. The van der Waals surface area contributed by atoms with Gasteiger partial charge in [-0.2, -0.15) is 0 Å². The average Bonchev–Trinajstić information content (AvgIpc) is 3.07. The lowest BCUT2D eigenvalue weighted by Gasteiger charge is -2.09. The number of nitrogens with zero attached hydrogens (tertiary/aromatic N) is 1. The molecule has 1 heterocycles. The summed E-state index contributed by atoms with van der Waals surface area (Å²) in [5.41, 5.74) is 1.31. The van der Waals surface area contributed by atoms with Gasteiger partial charge in [-0.15, -0.1) is 0 Å². The second-order valence-electron chi connectivity index (χ2n) is 5.86. The summed E-state index contributed by atoms with van der Waals surface area (Å²) >= 11 is 0. The number of cyclic esters (lactones) is 1. The van der Waals surface area contributed by atoms with E-state index in [4.69, 9.17) is 24.1 Å². The third-order valence-electron chi connectivity index (χ3n) is 3.88. The first kappa shape index (κ1) is 19.9. The predicted octanol–water partition coefficient (Wildman–Crippen LogP) is 2.90. The molecule has 1 aliphatic heterocycles. The summed E-state index contributed by atoms with van der Waals surface area (Å²) in [6.07, 6.45) is 1.54. The Morgan fingerprint density at radius 3 is 2.66 bits per heavy atom. The van der Waals surface area contributed by atoms with Gasteiger partial charge >= 0.3 is 11.9 Å². The molecule has 150 valence electrons. The SMILES string of the molecule is CCOc1ccccc1C1=N/C(=C\c2ccc(OCC(=O)O)c(OC)c2)C(=O)O1. The topological polar surface area (TPSA) is 104 Å². The van der Waals surface area contributed by atoms with Gasteiger partial charge in [0.15, 0.2) is 23.8 Å². The van der Waals surface area contributed by atoms with Gasteiger partial charge in [0, 0.05) is 0 Å². The number of esters is 1. The molecule has 0 saturated carbocycles. The largest absolute Gasteiger partial charge is 0.493 e. The number of carboxylic acids is 1. The number of ether oxygens (including phenoxy) is 4. The van der Waals surface area contributed by atoms with Crippen LogP contribution in [-0.2, 0) is 14.3 Å². The van der Waals surface area contributed by atoms with Crippen molar-refractivity contribution in [2.45, 2.75) is 6.92 Å². The van der Waals surface area contributed by atoms with Crippen LogP contribution in [0.4, 0.5) is 0 Å². The number of aliphatic imine (C=N–C) groups is 1. The van der Waals surface area contributed by atoms with Crippen LogP contribution >= 0.6 is 0 Å². The van der Waals surface area contributed by atoms with Crippen molar-refractivity contribution in [1.29, 1.82) is 0 Å². The second kappa shape index (κ2) is 8.92. The van der Waals surface area contributed by atoms with Crippen LogP contribution in [0.5, 0.6) is 17.2 Å². The summed E-state index contributed by atoms with van der Waals surface area (Å²) in [6, 6.07) is 12.0. The number of carbonyl (C=O) groups excluding carboxylic acids is 1. The van der Waals surface area contributed by atoms with Crippen LogP contribution in [-0.4, -0.2) is 43.3 Å². The van der Waals surface area contributed by atoms with Gasteiger partial charge < -0.3 is 24.1 Å². The predicted molar refractivity (Wildman–Crippen MR) is 104 cm³/mol. The van der Waals surface area contributed by atoms with E-state index in [9.17, 15) is 9.59 Å². The summed E-state index contributed by atoms with van der Waals surface area (Å²) in [6.45, 7) is 1.84. The van der Waals surface area contributed by atoms with Gasteiger partial charge in [-0.1, -0.05) is 18.2 Å². The first-order valence-electron chi connectivity index (χ1n) is 8.79. The Bertz CT molecular complexity index is 994. The van der Waals surface area contributed by atoms with E-state index in [1.165, 1.54) is 7.11 Å². The Labute approximate surface area is 167 Å². The van der Waals surface area contributed by atoms with Crippen molar-refractivity contribution >= 4 is 23.9 Å². The molecule has 1 aliphatic rings. The average molecular weight is 397 g/mol. The van der Waals surface area contributed by atoms with Crippen LogP contribution in [0.1, 0.15) is 18.1 Å². The molecule has 0 radical (unpaired) electrons. The Balaban J connectivity index is 1.88. The van der Waals surface area contributed by atoms with Gasteiger partial charge in [0.1, 0.15) is 5.75 Å². The molecule has 0 unspecified atom stereocenters. The van der Waals surface area contributed by atoms with Crippen LogP contribution in [0.25, 0.3) is 6.08 Å². The maximum absolute atomic E-state index is 12.3. The van der Waals surface area contributed by atoms with Crippen LogP contribution in [0.2, 0.25) is 0 Å². The summed E-state index contributed by atoms with van der Waals surface area (Å²) in [5.74, 6) is -0.334. The summed E-state index contributed by atoms with van der Waals surface area (Å²) < 4.78 is 21.3. The van der Waals surface area contributed by atoms with E-state index in [-0.39, 0.29) is 17.3 Å². The molecule has 1 N–H and O–H groups in total. The zero-order valence-electron chi connectivity index (χ0n) is 15.9. The maximum Gasteiger partial charge on any atom is 0.363 e. The first-order chi connectivity index (χ1) is 14.0. The fourth-order valence-electron chi connectivity index (χ4n) is 2.64. The van der Waals surface area contributed by atoms with Crippen LogP contribution < -0.4 is 14.2 Å². The molecule has 8 heteroatoms. The molecule has 2 aromatic carbocycles. The van der Waals surface area contributed by atoms with E-state index in [2.05, 4.69) is 4.99 Å². The number of para-hydroxylation sites is 1. The molecule has 0 fully saturated rings. The number of benzene rings is 2. The van der Waals surface area contributed by atoms with Crippen LogP contribution in [0.15, 0.2) is 53.2 Å². The number of methoxy groups -OCH3 is 1. The van der Waals surface area contributed by atoms with Crippen molar-refractivity contribution in [2.24, 2.45) is 4.99 Å². The Kier molecular flexibility index (Phi) is 6.13. The fraction of sp³-hybridized carbons (Fsp3) is 0.190. The Morgan fingerprint density at radius 2 is 1.93 bits per heavy atom. The maximum atomic E-state index is 12.3. The molecule has 0 bridgehead atoms. The molecule has 0 atom stereocenters. The highest BCUT2D eigenvalue weighted by Gasteiger charge is 2.26. The first-order valence-corrected chi connectivity index (χ1v) is 8.79. The molecule has 0 saturated heterocycles. The van der Waals surface area contributed by atoms with Crippen molar-refractivity contribution in [3.05, 3.63) is 59.3 Å². The van der Waals surface area contributed by atoms with Gasteiger partial charge in [-0.25, -0.2) is 14.6 Å². The Hall–Kier alpha value is -3.81. The highest BCUT2D eigenvalue weighted by molar-refractivity contribution is 6.13. The minimum atomic E-state index is -1.10. The molecule has 0 amide bonds. The van der Waals surface area contributed by atoms with Crippen molar-refractivity contribution in [2.75, 3.05) is 20.3 Å². The third kappa shape index (κ3) is 4.73. The number of hydrogen-bond donors (Lipinski definition) is 1. The van der Waals surface area contributed by atoms with Gasteiger partial charge in [0.05, 0.1) is 19.3 Å². The van der Waals surface area contributed by atoms with Gasteiger partial charge in [0.25, 0.3) is 0 Å². The van der Waals surface area contributed by atoms with Crippen LogP contribution in [0, 0.1) is 0 Å². The van der Waals surface area contributed by atoms with E-state index >= 15 is 0 Å². The Morgan fingerprint density at radius 1 is 1.14 bits per heavy atom. The van der Waals surface area contributed by atoms with Gasteiger partial charge in [-0.05, 0) is 42.8 Å². The third-order valence-corrected chi connectivity index (χ3v) is 3.88. The molecular weight excluding hydrogens is 378 g/mol. The number of hydrogen-bond acceptors (Lipinski definition) is 7. The molecule has 29 heavy (non-hydrogen) atoms. The van der Waals surface area contributed by atoms with Gasteiger partial charge in [-0.3, -0.25) is 0 Å². The number of rotatable bonds is 8. The van der Waals surface area contributed by atoms with E-state index in [0.717, 1.165) is 0 Å². The highest BCUT2D eigenvalue weighted by Crippen LogP contribution is 2.30. The normalized spacial score (nSPS) is 14.3. The zero-order chi connectivity index (χ0) is 20.8. The van der Waals surface area contributed by atoms with Crippen molar-refractivity contribution in [3.8, 4) is 17.2 Å². The van der Waals surface area contributed by atoms with E-state index in [0.29, 0.717) is 29.2 Å². The van der Waals surface area contributed by atoms with Crippen molar-refractivity contribution < 1.29 is 33.6 Å². The molecule has 3 rings (SSSR count). The molecule has 2 aromatic rings. The second-order valence-corrected chi connectivity index (χ2v) is 5.86. The van der Waals surface area contributed by atoms with Gasteiger partial charge in [0.2, 0.25) is 5.90 Å². The molecule has 8 nitrogen and oxygen atoms in total. The van der Waals surface area contributed by atoms with E-state index in [1.807, 2.05) is 13.0 Å². The molecule has 0 aliphatic carbocycles. The molecule has 0 aromatic heterocycles. The molecule has 0 spiro atoms. The molecular formula is C21H19NO7. The minimum Gasteiger partial charge on any atom is -0.493 e. The lowest BCUT2D eigenvalue weighted by molar-refractivity contribution is -0.139. The lowest BCUT2D eigenvalue weighted by atomic mass is 10.1. The van der Waals surface area contributed by atoms with E-state index in [1.54, 1.807) is 42.5 Å². The lowest BCUT2D eigenvalue weighted by Crippen LogP contribution is -2.10. The number of aliphatic carboxylic acids is 1. The fourth-order valence-corrected chi connectivity index (χ4v) is 2.64. The standard InChI is InChI=1S/C21H19NO7/c1-3-27-16-7-5-4-6-14(16)20-22-15(21(25)29-20)10-13-8-9-17(18(11-13)26-2)28-12-19(23)24/h4-11H,3,12H2,1-2H3,(H,23,24)/b15-10-. The monoisotopic (exact) mass is 397 g/mol. The smallest absolute Gasteiger partial charge is 0.363 e. The van der Waals surface area contributed by atoms with E-state index < -0.39 is 18.5 Å². The highest BCUT2D eigenvalue weighted by atomic mass is 16.6. The van der Waals surface area contributed by atoms with Crippen LogP contribution in [0.3, 0.4) is 0 Å². The zero-order valence-corrected chi connectivity index (χ0v) is 15.9. The summed E-state index contributed by atoms with van der Waals surface area (Å²) in [5, 5.41) is 8.73. The number of carboxylic acid groups (broad SMARTS) is 1. The summed E-state index contributed by atoms with van der Waals surface area (Å²) in [7, 11) is 1.44.